The maximum atomic E-state index is 12.0. The lowest BCUT2D eigenvalue weighted by atomic mass is 10.1. The average Bonchev–Trinajstić information content (AvgIpc) is 2.86. The topological polar surface area (TPSA) is 34.9 Å². The second-order valence-corrected chi connectivity index (χ2v) is 4.65. The third-order valence-corrected chi connectivity index (χ3v) is 3.55. The van der Waals surface area contributed by atoms with Crippen LogP contribution in [0.2, 0.25) is 0 Å². The number of thiophene rings is 1. The van der Waals surface area contributed by atoms with Gasteiger partial charge in [0.2, 0.25) is 0 Å². The maximum Gasteiger partial charge on any atom is 0.177 e. The normalized spacial score (nSPS) is 10.6. The quantitative estimate of drug-likeness (QED) is 0.762. The minimum absolute atomic E-state index is 0.183. The molecule has 0 bridgehead atoms. The van der Waals surface area contributed by atoms with Crippen molar-refractivity contribution in [3.63, 3.8) is 0 Å². The molecule has 0 aromatic carbocycles. The van der Waals surface area contributed by atoms with Crippen molar-refractivity contribution >= 4 is 17.1 Å². The van der Waals surface area contributed by atoms with Gasteiger partial charge in [0.1, 0.15) is 0 Å². The highest BCUT2D eigenvalue weighted by molar-refractivity contribution is 7.12. The van der Waals surface area contributed by atoms with Crippen LogP contribution < -0.4 is 0 Å². The minimum atomic E-state index is 0.183. The SMILES string of the molecule is CCn1cc(CC(=O)c2sccc2C)cn1. The van der Waals surface area contributed by atoms with Gasteiger partial charge in [-0.3, -0.25) is 9.48 Å². The van der Waals surface area contributed by atoms with Gasteiger partial charge in [-0.05, 0) is 36.4 Å². The number of nitrogens with zero attached hydrogens (tertiary/aromatic N) is 2. The van der Waals surface area contributed by atoms with Crippen LogP contribution in [-0.2, 0) is 13.0 Å². The Labute approximate surface area is 98.7 Å². The van der Waals surface area contributed by atoms with Crippen molar-refractivity contribution in [2.45, 2.75) is 26.8 Å². The lowest BCUT2D eigenvalue weighted by Gasteiger charge is -1.97. The standard InChI is InChI=1S/C12H14N2OS/c1-3-14-8-10(7-13-14)6-11(15)12-9(2)4-5-16-12/h4-5,7-8H,3,6H2,1-2H3. The third-order valence-electron chi connectivity index (χ3n) is 2.49. The largest absolute Gasteiger partial charge is 0.293 e. The van der Waals surface area contributed by atoms with Crippen molar-refractivity contribution < 1.29 is 4.79 Å². The first-order valence-corrected chi connectivity index (χ1v) is 6.17. The summed E-state index contributed by atoms with van der Waals surface area (Å²) in [5.41, 5.74) is 2.05. The number of aromatic nitrogens is 2. The van der Waals surface area contributed by atoms with Crippen molar-refractivity contribution in [3.8, 4) is 0 Å². The van der Waals surface area contributed by atoms with E-state index < -0.39 is 0 Å². The van der Waals surface area contributed by atoms with Gasteiger partial charge in [-0.1, -0.05) is 0 Å². The van der Waals surface area contributed by atoms with Gasteiger partial charge in [0.15, 0.2) is 5.78 Å². The smallest absolute Gasteiger partial charge is 0.177 e. The molecule has 3 nitrogen and oxygen atoms in total. The van der Waals surface area contributed by atoms with Crippen molar-refractivity contribution in [2.24, 2.45) is 0 Å². The third kappa shape index (κ3) is 2.22. The molecule has 2 aromatic rings. The van der Waals surface area contributed by atoms with Crippen LogP contribution in [0.5, 0.6) is 0 Å². The molecule has 0 aliphatic heterocycles. The fourth-order valence-corrected chi connectivity index (χ4v) is 2.46. The molecule has 0 aliphatic rings. The first-order chi connectivity index (χ1) is 7.70. The van der Waals surface area contributed by atoms with Crippen LogP contribution in [0.15, 0.2) is 23.8 Å². The Bertz CT molecular complexity index is 499. The van der Waals surface area contributed by atoms with Gasteiger partial charge in [0, 0.05) is 19.2 Å². The predicted octanol–water partition coefficient (Wildman–Crippen LogP) is 2.70. The molecule has 0 N–H and O–H groups in total. The fourth-order valence-electron chi connectivity index (χ4n) is 1.59. The van der Waals surface area contributed by atoms with E-state index in [-0.39, 0.29) is 5.78 Å². The molecule has 0 atom stereocenters. The molecule has 2 aromatic heterocycles. The van der Waals surface area contributed by atoms with Crippen LogP contribution >= 0.6 is 11.3 Å². The molecule has 0 radical (unpaired) electrons. The fraction of sp³-hybridized carbons (Fsp3) is 0.333. The van der Waals surface area contributed by atoms with Gasteiger partial charge in [0.05, 0.1) is 11.1 Å². The summed E-state index contributed by atoms with van der Waals surface area (Å²) in [6.45, 7) is 4.84. The highest BCUT2D eigenvalue weighted by Gasteiger charge is 2.12. The Morgan fingerprint density at radius 1 is 1.56 bits per heavy atom. The van der Waals surface area contributed by atoms with Crippen LogP contribution in [0.1, 0.15) is 27.7 Å². The van der Waals surface area contributed by atoms with Gasteiger partial charge in [-0.25, -0.2) is 0 Å². The molecule has 0 saturated heterocycles. The molecule has 0 aliphatic carbocycles. The monoisotopic (exact) mass is 234 g/mol. The molecule has 0 unspecified atom stereocenters. The number of hydrogen-bond donors (Lipinski definition) is 0. The van der Waals surface area contributed by atoms with E-state index in [1.165, 1.54) is 11.3 Å². The molecular formula is C12H14N2OS. The van der Waals surface area contributed by atoms with Gasteiger partial charge in [0.25, 0.3) is 0 Å². The van der Waals surface area contributed by atoms with E-state index in [4.69, 9.17) is 0 Å². The van der Waals surface area contributed by atoms with E-state index >= 15 is 0 Å². The molecule has 0 spiro atoms. The molecule has 2 rings (SSSR count). The summed E-state index contributed by atoms with van der Waals surface area (Å²) < 4.78 is 1.84. The number of aryl methyl sites for hydroxylation is 2. The molecule has 2 heterocycles. The van der Waals surface area contributed by atoms with Gasteiger partial charge >= 0.3 is 0 Å². The Morgan fingerprint density at radius 3 is 2.94 bits per heavy atom. The molecule has 0 saturated carbocycles. The summed E-state index contributed by atoms with van der Waals surface area (Å²) in [7, 11) is 0. The zero-order valence-corrected chi connectivity index (χ0v) is 10.3. The predicted molar refractivity (Wildman–Crippen MR) is 65.0 cm³/mol. The Kier molecular flexibility index (Phi) is 3.19. The lowest BCUT2D eigenvalue weighted by Crippen LogP contribution is -2.02. The lowest BCUT2D eigenvalue weighted by molar-refractivity contribution is 0.0996. The first kappa shape index (κ1) is 11.1. The summed E-state index contributed by atoms with van der Waals surface area (Å²) >= 11 is 1.51. The molecular weight excluding hydrogens is 220 g/mol. The Morgan fingerprint density at radius 2 is 2.38 bits per heavy atom. The van der Waals surface area contributed by atoms with Gasteiger partial charge < -0.3 is 0 Å². The number of carbonyl (C=O) groups is 1. The second-order valence-electron chi connectivity index (χ2n) is 3.74. The molecule has 0 fully saturated rings. The van der Waals surface area contributed by atoms with E-state index in [0.717, 1.165) is 22.5 Å². The van der Waals surface area contributed by atoms with Crippen molar-refractivity contribution in [3.05, 3.63) is 39.8 Å². The maximum absolute atomic E-state index is 12.0. The van der Waals surface area contributed by atoms with E-state index in [9.17, 15) is 4.79 Å². The van der Waals surface area contributed by atoms with Crippen LogP contribution in [0.25, 0.3) is 0 Å². The number of ketones is 1. The van der Waals surface area contributed by atoms with E-state index in [1.54, 1.807) is 6.20 Å². The number of carbonyl (C=O) groups excluding carboxylic acids is 1. The Balaban J connectivity index is 2.11. The molecule has 0 amide bonds. The molecule has 16 heavy (non-hydrogen) atoms. The van der Waals surface area contributed by atoms with Crippen molar-refractivity contribution in [2.75, 3.05) is 0 Å². The summed E-state index contributed by atoms with van der Waals surface area (Å²) in [6.07, 6.45) is 4.15. The highest BCUT2D eigenvalue weighted by atomic mass is 32.1. The summed E-state index contributed by atoms with van der Waals surface area (Å²) in [5.74, 6) is 0.183. The highest BCUT2D eigenvalue weighted by Crippen LogP contribution is 2.18. The summed E-state index contributed by atoms with van der Waals surface area (Å²) in [4.78, 5) is 12.8. The van der Waals surface area contributed by atoms with Gasteiger partial charge in [-0.2, -0.15) is 5.10 Å². The van der Waals surface area contributed by atoms with Crippen LogP contribution in [0, 0.1) is 6.92 Å². The van der Waals surface area contributed by atoms with E-state index in [1.807, 2.05) is 36.2 Å². The first-order valence-electron chi connectivity index (χ1n) is 5.29. The molecule has 4 heteroatoms. The van der Waals surface area contributed by atoms with Crippen LogP contribution in [0.4, 0.5) is 0 Å². The minimum Gasteiger partial charge on any atom is -0.293 e. The van der Waals surface area contributed by atoms with Gasteiger partial charge in [-0.15, -0.1) is 11.3 Å². The van der Waals surface area contributed by atoms with Crippen LogP contribution in [-0.4, -0.2) is 15.6 Å². The second kappa shape index (κ2) is 4.61. The summed E-state index contributed by atoms with van der Waals surface area (Å²) in [6, 6.07) is 1.98. The number of hydrogen-bond acceptors (Lipinski definition) is 3. The van der Waals surface area contributed by atoms with E-state index in [0.29, 0.717) is 6.42 Å². The van der Waals surface area contributed by atoms with E-state index in [2.05, 4.69) is 5.10 Å². The zero-order valence-electron chi connectivity index (χ0n) is 9.43. The van der Waals surface area contributed by atoms with Crippen LogP contribution in [0.3, 0.4) is 0 Å². The molecule has 84 valence electrons. The zero-order chi connectivity index (χ0) is 11.5. The number of rotatable bonds is 4. The number of Topliss-reactive ketones (excluding diaryl/α,β-unsaturated/α-hetero) is 1. The van der Waals surface area contributed by atoms with Crippen molar-refractivity contribution in [1.29, 1.82) is 0 Å². The average molecular weight is 234 g/mol. The van der Waals surface area contributed by atoms with Crippen molar-refractivity contribution in [1.82, 2.24) is 9.78 Å². The Hall–Kier alpha value is -1.42. The summed E-state index contributed by atoms with van der Waals surface area (Å²) in [5, 5.41) is 6.12.